The van der Waals surface area contributed by atoms with E-state index in [1.807, 2.05) is 0 Å². The van der Waals surface area contributed by atoms with Crippen LogP contribution in [0, 0.1) is 5.82 Å². The highest BCUT2D eigenvalue weighted by Crippen LogP contribution is 2.31. The second-order valence-corrected chi connectivity index (χ2v) is 5.40. The molecule has 1 aromatic rings. The van der Waals surface area contributed by atoms with Crippen LogP contribution < -0.4 is 5.32 Å². The molecule has 1 aromatic carbocycles. The molecule has 94 valence electrons. The lowest BCUT2D eigenvalue weighted by atomic mass is 10.00. The average molecular weight is 276 g/mol. The van der Waals surface area contributed by atoms with Crippen molar-refractivity contribution in [3.63, 3.8) is 0 Å². The van der Waals surface area contributed by atoms with Gasteiger partial charge in [0.05, 0.1) is 5.02 Å². The minimum Gasteiger partial charge on any atom is -0.306 e. The van der Waals surface area contributed by atoms with Gasteiger partial charge >= 0.3 is 0 Å². The Kier molecular flexibility index (Phi) is 4.29. The second kappa shape index (κ2) is 5.55. The van der Waals surface area contributed by atoms with E-state index in [0.29, 0.717) is 12.4 Å². The maximum atomic E-state index is 13.0. The van der Waals surface area contributed by atoms with Gasteiger partial charge < -0.3 is 5.32 Å². The molecule has 0 heterocycles. The molecule has 0 aliphatic heterocycles. The first-order valence-corrected chi connectivity index (χ1v) is 6.81. The van der Waals surface area contributed by atoms with Gasteiger partial charge in [0.25, 0.3) is 0 Å². The first-order chi connectivity index (χ1) is 8.15. The summed E-state index contributed by atoms with van der Waals surface area (Å²) in [4.78, 5) is 0. The molecule has 1 aliphatic carbocycles. The molecule has 0 bridgehead atoms. The fourth-order valence-electron chi connectivity index (χ4n) is 2.35. The molecule has 0 spiro atoms. The number of benzene rings is 1. The van der Waals surface area contributed by atoms with E-state index in [0.717, 1.165) is 18.4 Å². The van der Waals surface area contributed by atoms with Gasteiger partial charge in [0.1, 0.15) is 5.82 Å². The monoisotopic (exact) mass is 275 g/mol. The van der Waals surface area contributed by atoms with Gasteiger partial charge in [0, 0.05) is 18.0 Å². The van der Waals surface area contributed by atoms with Crippen molar-refractivity contribution in [2.24, 2.45) is 0 Å². The molecule has 0 radical (unpaired) electrons. The van der Waals surface area contributed by atoms with Crippen LogP contribution in [0.5, 0.6) is 0 Å². The highest BCUT2D eigenvalue weighted by molar-refractivity contribution is 6.30. The van der Waals surface area contributed by atoms with E-state index >= 15 is 0 Å². The Morgan fingerprint density at radius 3 is 2.59 bits per heavy atom. The quantitative estimate of drug-likeness (QED) is 0.816. The van der Waals surface area contributed by atoms with Gasteiger partial charge in [-0.05, 0) is 30.5 Å². The molecule has 2 rings (SSSR count). The molecule has 1 aliphatic rings. The van der Waals surface area contributed by atoms with E-state index < -0.39 is 0 Å². The predicted octanol–water partition coefficient (Wildman–Crippen LogP) is 4.12. The van der Waals surface area contributed by atoms with Gasteiger partial charge in [-0.3, -0.25) is 0 Å². The van der Waals surface area contributed by atoms with Crippen LogP contribution in [0.1, 0.15) is 31.2 Å². The second-order valence-electron chi connectivity index (χ2n) is 4.72. The zero-order valence-electron chi connectivity index (χ0n) is 9.61. The van der Waals surface area contributed by atoms with E-state index in [2.05, 4.69) is 5.32 Å². The summed E-state index contributed by atoms with van der Waals surface area (Å²) in [7, 11) is 0. The Balaban J connectivity index is 1.99. The molecule has 0 unspecified atom stereocenters. The van der Waals surface area contributed by atoms with Crippen LogP contribution in [-0.4, -0.2) is 11.4 Å². The van der Waals surface area contributed by atoms with E-state index in [1.54, 1.807) is 12.1 Å². The maximum Gasteiger partial charge on any atom is 0.141 e. The Bertz CT molecular complexity index is 389. The summed E-state index contributed by atoms with van der Waals surface area (Å²) >= 11 is 11.8. The van der Waals surface area contributed by atoms with Gasteiger partial charge in [-0.25, -0.2) is 4.39 Å². The lowest BCUT2D eigenvalue weighted by molar-refractivity contribution is 0.368. The van der Waals surface area contributed by atoms with Gasteiger partial charge in [-0.15, -0.1) is 11.6 Å². The molecule has 1 fully saturated rings. The van der Waals surface area contributed by atoms with Crippen molar-refractivity contribution >= 4 is 23.2 Å². The van der Waals surface area contributed by atoms with Crippen LogP contribution >= 0.6 is 23.2 Å². The van der Waals surface area contributed by atoms with Gasteiger partial charge in [0.2, 0.25) is 0 Å². The van der Waals surface area contributed by atoms with Crippen molar-refractivity contribution < 1.29 is 4.39 Å². The molecule has 1 nitrogen and oxygen atoms in total. The third-order valence-electron chi connectivity index (χ3n) is 3.47. The molecule has 0 saturated heterocycles. The Morgan fingerprint density at radius 1 is 1.29 bits per heavy atom. The number of halogens is 3. The Morgan fingerprint density at radius 2 is 2.00 bits per heavy atom. The van der Waals surface area contributed by atoms with Crippen molar-refractivity contribution in [1.82, 2.24) is 5.32 Å². The topological polar surface area (TPSA) is 12.0 Å². The zero-order valence-corrected chi connectivity index (χ0v) is 11.1. The van der Waals surface area contributed by atoms with E-state index in [-0.39, 0.29) is 16.4 Å². The first-order valence-electron chi connectivity index (χ1n) is 5.90. The molecule has 4 heteroatoms. The highest BCUT2D eigenvalue weighted by Gasteiger charge is 2.32. The predicted molar refractivity (Wildman–Crippen MR) is 70.2 cm³/mol. The summed E-state index contributed by atoms with van der Waals surface area (Å²) in [6.07, 6.45) is 4.69. The molecule has 1 N–H and O–H groups in total. The number of rotatable bonds is 4. The highest BCUT2D eigenvalue weighted by atomic mass is 35.5. The van der Waals surface area contributed by atoms with Crippen molar-refractivity contribution in [2.75, 3.05) is 5.88 Å². The normalized spacial score (nSPS) is 18.5. The summed E-state index contributed by atoms with van der Waals surface area (Å²) in [5.41, 5.74) is 1.05. The molecular formula is C13H16Cl2FN. The van der Waals surface area contributed by atoms with Gasteiger partial charge in [0.15, 0.2) is 0 Å². The van der Waals surface area contributed by atoms with Crippen LogP contribution in [0.3, 0.4) is 0 Å². The Labute approximate surface area is 111 Å². The zero-order chi connectivity index (χ0) is 12.3. The molecular weight excluding hydrogens is 260 g/mol. The van der Waals surface area contributed by atoms with E-state index in [4.69, 9.17) is 23.2 Å². The SMILES string of the molecule is Fc1ccc(CNC2(CCl)CCCC2)cc1Cl. The average Bonchev–Trinajstić information content (AvgIpc) is 2.80. The molecule has 1 saturated carbocycles. The van der Waals surface area contributed by atoms with Crippen LogP contribution in [0.15, 0.2) is 18.2 Å². The molecule has 0 atom stereocenters. The van der Waals surface area contributed by atoms with E-state index in [1.165, 1.54) is 18.9 Å². The first kappa shape index (κ1) is 13.1. The maximum absolute atomic E-state index is 13.0. The number of hydrogen-bond acceptors (Lipinski definition) is 1. The summed E-state index contributed by atoms with van der Waals surface area (Å²) in [6.45, 7) is 0.687. The number of nitrogens with one attached hydrogen (secondary N) is 1. The van der Waals surface area contributed by atoms with Crippen LogP contribution in [0.2, 0.25) is 5.02 Å². The van der Waals surface area contributed by atoms with Crippen molar-refractivity contribution in [3.05, 3.63) is 34.6 Å². The van der Waals surface area contributed by atoms with Crippen molar-refractivity contribution in [2.45, 2.75) is 37.8 Å². The number of alkyl halides is 1. The molecule has 0 amide bonds. The lowest BCUT2D eigenvalue weighted by Crippen LogP contribution is -2.43. The fraction of sp³-hybridized carbons (Fsp3) is 0.538. The lowest BCUT2D eigenvalue weighted by Gasteiger charge is -2.28. The molecule has 0 aromatic heterocycles. The summed E-state index contributed by atoms with van der Waals surface area (Å²) in [5, 5.41) is 3.67. The van der Waals surface area contributed by atoms with Crippen LogP contribution in [0.4, 0.5) is 4.39 Å². The van der Waals surface area contributed by atoms with Crippen LogP contribution in [0.25, 0.3) is 0 Å². The number of hydrogen-bond donors (Lipinski definition) is 1. The fourth-order valence-corrected chi connectivity index (χ4v) is 2.91. The van der Waals surface area contributed by atoms with Gasteiger partial charge in [-0.2, -0.15) is 0 Å². The third kappa shape index (κ3) is 3.12. The van der Waals surface area contributed by atoms with E-state index in [9.17, 15) is 4.39 Å². The van der Waals surface area contributed by atoms with Crippen molar-refractivity contribution in [1.29, 1.82) is 0 Å². The van der Waals surface area contributed by atoms with Crippen LogP contribution in [-0.2, 0) is 6.54 Å². The molecule has 17 heavy (non-hydrogen) atoms. The minimum absolute atomic E-state index is 0.0580. The summed E-state index contributed by atoms with van der Waals surface area (Å²) in [6, 6.07) is 4.83. The third-order valence-corrected chi connectivity index (χ3v) is 4.27. The Hall–Kier alpha value is -0.310. The largest absolute Gasteiger partial charge is 0.306 e. The van der Waals surface area contributed by atoms with Gasteiger partial charge in [-0.1, -0.05) is 30.5 Å². The minimum atomic E-state index is -0.372. The van der Waals surface area contributed by atoms with Crippen molar-refractivity contribution in [3.8, 4) is 0 Å². The summed E-state index contributed by atoms with van der Waals surface area (Å²) < 4.78 is 13.0. The smallest absolute Gasteiger partial charge is 0.141 e. The summed E-state index contributed by atoms with van der Waals surface area (Å²) in [5.74, 6) is 0.255. The standard InChI is InChI=1S/C13H16Cl2FN/c14-9-13(5-1-2-6-13)17-8-10-3-4-12(16)11(15)7-10/h3-4,7,17H,1-2,5-6,8-9H2.